The molecule has 0 aliphatic carbocycles. The summed E-state index contributed by atoms with van der Waals surface area (Å²) in [6.45, 7) is 1.82. The zero-order valence-corrected chi connectivity index (χ0v) is 17.3. The van der Waals surface area contributed by atoms with Crippen molar-refractivity contribution in [2.75, 3.05) is 5.32 Å². The first-order valence-corrected chi connectivity index (χ1v) is 10.6. The summed E-state index contributed by atoms with van der Waals surface area (Å²) in [5, 5.41) is 2.90. The second kappa shape index (κ2) is 8.98. The summed E-state index contributed by atoms with van der Waals surface area (Å²) in [6.07, 6.45) is 0. The number of esters is 1. The van der Waals surface area contributed by atoms with E-state index in [-0.39, 0.29) is 16.1 Å². The quantitative estimate of drug-likeness (QED) is 0.449. The molecule has 0 unspecified atom stereocenters. The molecule has 30 heavy (non-hydrogen) atoms. The lowest BCUT2D eigenvalue weighted by Crippen LogP contribution is -2.34. The molecular weight excluding hydrogens is 428 g/mol. The van der Waals surface area contributed by atoms with E-state index in [4.69, 9.17) is 16.3 Å². The van der Waals surface area contributed by atoms with Crippen LogP contribution in [0.5, 0.6) is 5.75 Å². The van der Waals surface area contributed by atoms with E-state index in [1.54, 1.807) is 36.4 Å². The van der Waals surface area contributed by atoms with E-state index >= 15 is 0 Å². The van der Waals surface area contributed by atoms with E-state index in [0.717, 1.165) is 5.56 Å². The van der Waals surface area contributed by atoms with Crippen molar-refractivity contribution in [1.29, 1.82) is 0 Å². The van der Waals surface area contributed by atoms with Crippen molar-refractivity contribution in [3.63, 3.8) is 0 Å². The molecule has 0 aliphatic rings. The third-order valence-corrected chi connectivity index (χ3v) is 5.54. The third kappa shape index (κ3) is 5.59. The highest BCUT2D eigenvalue weighted by molar-refractivity contribution is 7.90. The van der Waals surface area contributed by atoms with Gasteiger partial charge in [0.25, 0.3) is 10.0 Å². The highest BCUT2D eigenvalue weighted by Gasteiger charge is 2.18. The second-order valence-corrected chi connectivity index (χ2v) is 8.42. The first kappa shape index (κ1) is 21.4. The fourth-order valence-corrected chi connectivity index (χ4v) is 3.48. The number of rotatable bonds is 5. The minimum Gasteiger partial charge on any atom is -0.423 e. The van der Waals surface area contributed by atoms with E-state index < -0.39 is 22.0 Å². The number of aryl methyl sites for hydroxylation is 1. The van der Waals surface area contributed by atoms with Crippen LogP contribution in [0, 0.1) is 6.92 Å². The van der Waals surface area contributed by atoms with E-state index in [1.807, 2.05) is 11.6 Å². The van der Waals surface area contributed by atoms with Crippen LogP contribution in [0.3, 0.4) is 0 Å². The van der Waals surface area contributed by atoms with Gasteiger partial charge in [0.2, 0.25) is 0 Å². The molecule has 3 aromatic rings. The monoisotopic (exact) mass is 444 g/mol. The lowest BCUT2D eigenvalue weighted by atomic mass is 10.2. The van der Waals surface area contributed by atoms with Gasteiger partial charge in [-0.1, -0.05) is 35.4 Å². The first-order valence-electron chi connectivity index (χ1n) is 8.71. The number of amides is 2. The molecule has 3 rings (SSSR count). The summed E-state index contributed by atoms with van der Waals surface area (Å²) in [5.74, 6) is -0.335. The fourth-order valence-electron chi connectivity index (χ4n) is 2.45. The van der Waals surface area contributed by atoms with E-state index in [9.17, 15) is 18.0 Å². The topological polar surface area (TPSA) is 102 Å². The largest absolute Gasteiger partial charge is 0.423 e. The summed E-state index contributed by atoms with van der Waals surface area (Å²) >= 11 is 5.80. The maximum Gasteiger partial charge on any atom is 0.343 e. The van der Waals surface area contributed by atoms with Crippen LogP contribution in [0.25, 0.3) is 0 Å². The van der Waals surface area contributed by atoms with Crippen LogP contribution in [0.4, 0.5) is 10.5 Å². The molecular formula is C21H17ClN2O5S. The number of sulfonamides is 1. The Bertz CT molecular complexity index is 1180. The Morgan fingerprint density at radius 1 is 0.933 bits per heavy atom. The molecule has 0 fully saturated rings. The SMILES string of the molecule is Cc1ccc(S(=O)(=O)NC(=O)Nc2cccc(C(=O)Oc3ccc(Cl)cc3)c2)cc1. The van der Waals surface area contributed by atoms with E-state index in [0.29, 0.717) is 10.8 Å². The van der Waals surface area contributed by atoms with Gasteiger partial charge in [0, 0.05) is 10.7 Å². The van der Waals surface area contributed by atoms with Crippen LogP contribution in [0.15, 0.2) is 77.7 Å². The predicted molar refractivity (Wildman–Crippen MR) is 113 cm³/mol. The molecule has 0 atom stereocenters. The van der Waals surface area contributed by atoms with Gasteiger partial charge in [-0.15, -0.1) is 0 Å². The van der Waals surface area contributed by atoms with Gasteiger partial charge in [0.15, 0.2) is 0 Å². The molecule has 7 nitrogen and oxygen atoms in total. The van der Waals surface area contributed by atoms with Gasteiger partial charge in [0.1, 0.15) is 5.75 Å². The number of anilines is 1. The second-order valence-electron chi connectivity index (χ2n) is 6.30. The highest BCUT2D eigenvalue weighted by atomic mass is 35.5. The Labute approximate surface area is 178 Å². The molecule has 0 saturated heterocycles. The van der Waals surface area contributed by atoms with Gasteiger partial charge in [-0.05, 0) is 61.5 Å². The maximum atomic E-state index is 12.3. The first-order chi connectivity index (χ1) is 14.2. The van der Waals surface area contributed by atoms with Gasteiger partial charge < -0.3 is 10.1 Å². The van der Waals surface area contributed by atoms with Gasteiger partial charge in [-0.2, -0.15) is 0 Å². The summed E-state index contributed by atoms with van der Waals surface area (Å²) in [5.41, 5.74) is 1.28. The number of ether oxygens (including phenoxy) is 1. The minimum atomic E-state index is -4.03. The van der Waals surface area contributed by atoms with Crippen LogP contribution in [-0.2, 0) is 10.0 Å². The third-order valence-electron chi connectivity index (χ3n) is 3.94. The van der Waals surface area contributed by atoms with Crippen LogP contribution in [0.1, 0.15) is 15.9 Å². The van der Waals surface area contributed by atoms with Crippen LogP contribution in [0.2, 0.25) is 5.02 Å². The van der Waals surface area contributed by atoms with Crippen molar-refractivity contribution in [1.82, 2.24) is 4.72 Å². The summed E-state index contributed by atoms with van der Waals surface area (Å²) in [4.78, 5) is 24.4. The Morgan fingerprint density at radius 2 is 1.60 bits per heavy atom. The molecule has 3 aromatic carbocycles. The highest BCUT2D eigenvalue weighted by Crippen LogP contribution is 2.18. The molecule has 154 valence electrons. The summed E-state index contributed by atoms with van der Waals surface area (Å²) < 4.78 is 31.8. The van der Waals surface area contributed by atoms with Gasteiger partial charge in [-0.25, -0.2) is 22.7 Å². The van der Waals surface area contributed by atoms with Crippen molar-refractivity contribution in [2.45, 2.75) is 11.8 Å². The number of halogens is 1. The summed E-state index contributed by atoms with van der Waals surface area (Å²) in [7, 11) is -4.03. The summed E-state index contributed by atoms with van der Waals surface area (Å²) in [6, 6.07) is 17.3. The van der Waals surface area contributed by atoms with Crippen LogP contribution in [-0.4, -0.2) is 20.4 Å². The Hall–Kier alpha value is -3.36. The molecule has 0 aromatic heterocycles. The number of carbonyl (C=O) groups is 2. The Balaban J connectivity index is 1.66. The van der Waals surface area contributed by atoms with Crippen LogP contribution < -0.4 is 14.8 Å². The fraction of sp³-hybridized carbons (Fsp3) is 0.0476. The number of urea groups is 1. The molecule has 2 N–H and O–H groups in total. The van der Waals surface area contributed by atoms with Gasteiger partial charge in [-0.3, -0.25) is 0 Å². The zero-order valence-electron chi connectivity index (χ0n) is 15.8. The normalized spacial score (nSPS) is 10.9. The Morgan fingerprint density at radius 3 is 2.27 bits per heavy atom. The average molecular weight is 445 g/mol. The molecule has 0 spiro atoms. The number of hydrogen-bond acceptors (Lipinski definition) is 5. The van der Waals surface area contributed by atoms with Crippen molar-refractivity contribution >= 4 is 39.3 Å². The predicted octanol–water partition coefficient (Wildman–Crippen LogP) is 4.38. The lowest BCUT2D eigenvalue weighted by molar-refractivity contribution is 0.0734. The van der Waals surface area contributed by atoms with Crippen molar-refractivity contribution in [3.05, 3.63) is 88.9 Å². The number of carbonyl (C=O) groups excluding carboxylic acids is 2. The lowest BCUT2D eigenvalue weighted by Gasteiger charge is -2.10. The number of benzene rings is 3. The molecule has 0 aliphatic heterocycles. The average Bonchev–Trinajstić information content (AvgIpc) is 2.69. The minimum absolute atomic E-state index is 0.0384. The number of hydrogen-bond donors (Lipinski definition) is 2. The van der Waals surface area contributed by atoms with Crippen molar-refractivity contribution < 1.29 is 22.7 Å². The molecule has 0 bridgehead atoms. The standard InChI is InChI=1S/C21H17ClN2O5S/c1-14-5-11-19(12-6-14)30(27,28)24-21(26)23-17-4-2-3-15(13-17)20(25)29-18-9-7-16(22)8-10-18/h2-13H,1H3,(H2,23,24,26). The smallest absolute Gasteiger partial charge is 0.343 e. The van der Waals surface area contributed by atoms with E-state index in [1.165, 1.54) is 36.4 Å². The molecule has 9 heteroatoms. The van der Waals surface area contributed by atoms with Gasteiger partial charge >= 0.3 is 12.0 Å². The van der Waals surface area contributed by atoms with E-state index in [2.05, 4.69) is 5.32 Å². The van der Waals surface area contributed by atoms with Gasteiger partial charge in [0.05, 0.1) is 10.5 Å². The molecule has 2 amide bonds. The molecule has 0 radical (unpaired) electrons. The molecule has 0 saturated carbocycles. The van der Waals surface area contributed by atoms with Crippen molar-refractivity contribution in [2.24, 2.45) is 0 Å². The zero-order chi connectivity index (χ0) is 21.7. The maximum absolute atomic E-state index is 12.3. The van der Waals surface area contributed by atoms with Crippen molar-refractivity contribution in [3.8, 4) is 5.75 Å². The van der Waals surface area contributed by atoms with Crippen LogP contribution >= 0.6 is 11.6 Å². The molecule has 0 heterocycles. The number of nitrogens with one attached hydrogen (secondary N) is 2. The Kier molecular flexibility index (Phi) is 6.39.